The van der Waals surface area contributed by atoms with Crippen LogP contribution in [-0.2, 0) is 0 Å². The third-order valence-corrected chi connectivity index (χ3v) is 4.95. The van der Waals surface area contributed by atoms with Crippen molar-refractivity contribution in [3.63, 3.8) is 0 Å². The molecule has 2 N–H and O–H groups in total. The highest BCUT2D eigenvalue weighted by molar-refractivity contribution is 7.99. The zero-order valence-corrected chi connectivity index (χ0v) is 14.0. The van der Waals surface area contributed by atoms with E-state index in [1.165, 1.54) is 25.7 Å². The van der Waals surface area contributed by atoms with Gasteiger partial charge in [0.25, 0.3) is 0 Å². The van der Waals surface area contributed by atoms with Crippen LogP contribution < -0.4 is 15.4 Å². The molecule has 5 nitrogen and oxygen atoms in total. The summed E-state index contributed by atoms with van der Waals surface area (Å²) in [7, 11) is 1.67. The molecule has 2 atom stereocenters. The fourth-order valence-electron chi connectivity index (χ4n) is 2.72. The Morgan fingerprint density at radius 2 is 2.14 bits per heavy atom. The molecule has 1 aromatic heterocycles. The van der Waals surface area contributed by atoms with E-state index in [0.29, 0.717) is 6.04 Å². The number of rotatable bonds is 7. The Balaban J connectivity index is 2.08. The predicted octanol–water partition coefficient (Wildman–Crippen LogP) is 3.39. The summed E-state index contributed by atoms with van der Waals surface area (Å²) in [6.07, 6.45) is 9.83. The van der Waals surface area contributed by atoms with Crippen molar-refractivity contribution in [1.82, 2.24) is 9.97 Å². The van der Waals surface area contributed by atoms with Crippen molar-refractivity contribution in [2.75, 3.05) is 30.5 Å². The molecule has 118 valence electrons. The van der Waals surface area contributed by atoms with Gasteiger partial charge in [0.15, 0.2) is 11.6 Å². The largest absolute Gasteiger partial charge is 0.490 e. The SMILES string of the molecule is CCCNc1ncnc(NC2CCCC(SC)C2)c1OC. The quantitative estimate of drug-likeness (QED) is 0.805. The van der Waals surface area contributed by atoms with Gasteiger partial charge in [-0.25, -0.2) is 9.97 Å². The highest BCUT2D eigenvalue weighted by Gasteiger charge is 2.23. The van der Waals surface area contributed by atoms with Gasteiger partial charge >= 0.3 is 0 Å². The van der Waals surface area contributed by atoms with Crippen molar-refractivity contribution in [2.45, 2.75) is 50.3 Å². The minimum absolute atomic E-state index is 0.471. The summed E-state index contributed by atoms with van der Waals surface area (Å²) in [5.41, 5.74) is 0. The lowest BCUT2D eigenvalue weighted by atomic mass is 9.95. The van der Waals surface area contributed by atoms with Crippen LogP contribution in [0.1, 0.15) is 39.0 Å². The number of aromatic nitrogens is 2. The van der Waals surface area contributed by atoms with Gasteiger partial charge in [-0.3, -0.25) is 0 Å². The van der Waals surface area contributed by atoms with Crippen molar-refractivity contribution < 1.29 is 4.74 Å². The second kappa shape index (κ2) is 8.32. The van der Waals surface area contributed by atoms with Crippen LogP contribution in [0.5, 0.6) is 5.75 Å². The molecule has 2 rings (SSSR count). The Hall–Kier alpha value is -1.17. The molecule has 1 heterocycles. The van der Waals surface area contributed by atoms with Crippen LogP contribution in [0.15, 0.2) is 6.33 Å². The fourth-order valence-corrected chi connectivity index (χ4v) is 3.55. The van der Waals surface area contributed by atoms with Crippen LogP contribution in [0.4, 0.5) is 11.6 Å². The van der Waals surface area contributed by atoms with E-state index >= 15 is 0 Å². The van der Waals surface area contributed by atoms with Crippen LogP contribution in [0, 0.1) is 0 Å². The average molecular weight is 310 g/mol. The molecule has 0 bridgehead atoms. The van der Waals surface area contributed by atoms with E-state index < -0.39 is 0 Å². The number of hydrogen-bond donors (Lipinski definition) is 2. The number of ether oxygens (including phenoxy) is 1. The Bertz CT molecular complexity index is 444. The van der Waals surface area contributed by atoms with Gasteiger partial charge in [0.05, 0.1) is 7.11 Å². The van der Waals surface area contributed by atoms with E-state index in [1.54, 1.807) is 13.4 Å². The molecule has 1 fully saturated rings. The first kappa shape index (κ1) is 16.2. The third kappa shape index (κ3) is 4.40. The van der Waals surface area contributed by atoms with Crippen LogP contribution in [-0.4, -0.2) is 41.2 Å². The number of nitrogens with zero attached hydrogens (tertiary/aromatic N) is 2. The van der Waals surface area contributed by atoms with E-state index in [9.17, 15) is 0 Å². The third-order valence-electron chi connectivity index (χ3n) is 3.85. The van der Waals surface area contributed by atoms with Crippen molar-refractivity contribution >= 4 is 23.4 Å². The zero-order chi connectivity index (χ0) is 15.1. The number of anilines is 2. The Labute approximate surface area is 131 Å². The molecule has 0 saturated heterocycles. The first-order chi connectivity index (χ1) is 10.3. The molecule has 0 spiro atoms. The number of methoxy groups -OCH3 is 1. The smallest absolute Gasteiger partial charge is 0.204 e. The predicted molar refractivity (Wildman–Crippen MR) is 90.5 cm³/mol. The summed E-state index contributed by atoms with van der Waals surface area (Å²) in [5, 5.41) is 7.59. The standard InChI is InChI=1S/C15H26N4OS/c1-4-8-16-14-13(20-2)15(18-10-17-14)19-11-6-5-7-12(9-11)21-3/h10-12H,4-9H2,1-3H3,(H2,16,17,18,19). The lowest BCUT2D eigenvalue weighted by molar-refractivity contribution is 0.411. The monoisotopic (exact) mass is 310 g/mol. The molecule has 1 saturated carbocycles. The summed E-state index contributed by atoms with van der Waals surface area (Å²) < 4.78 is 5.51. The van der Waals surface area contributed by atoms with Crippen molar-refractivity contribution in [2.24, 2.45) is 0 Å². The lowest BCUT2D eigenvalue weighted by Gasteiger charge is -2.29. The first-order valence-corrected chi connectivity index (χ1v) is 8.99. The summed E-state index contributed by atoms with van der Waals surface area (Å²) in [6, 6.07) is 0.471. The number of nitrogens with one attached hydrogen (secondary N) is 2. The molecular weight excluding hydrogens is 284 g/mol. The first-order valence-electron chi connectivity index (χ1n) is 7.70. The summed E-state index contributed by atoms with van der Waals surface area (Å²) in [4.78, 5) is 8.65. The van der Waals surface area contributed by atoms with Gasteiger partial charge in [-0.2, -0.15) is 11.8 Å². The second-order valence-electron chi connectivity index (χ2n) is 5.40. The molecule has 0 aliphatic heterocycles. The normalized spacial score (nSPS) is 21.9. The number of thioether (sulfide) groups is 1. The van der Waals surface area contributed by atoms with Gasteiger partial charge in [-0.05, 0) is 31.9 Å². The Morgan fingerprint density at radius 1 is 1.33 bits per heavy atom. The van der Waals surface area contributed by atoms with E-state index in [4.69, 9.17) is 4.74 Å². The van der Waals surface area contributed by atoms with Gasteiger partial charge in [0, 0.05) is 17.8 Å². The molecule has 0 amide bonds. The molecule has 1 aliphatic rings. The maximum atomic E-state index is 5.51. The van der Waals surface area contributed by atoms with Gasteiger partial charge in [-0.1, -0.05) is 13.3 Å². The van der Waals surface area contributed by atoms with Crippen LogP contribution in [0.3, 0.4) is 0 Å². The molecule has 1 aliphatic carbocycles. The minimum Gasteiger partial charge on any atom is -0.490 e. The Morgan fingerprint density at radius 3 is 2.86 bits per heavy atom. The van der Waals surface area contributed by atoms with Crippen LogP contribution in [0.2, 0.25) is 0 Å². The molecule has 2 unspecified atom stereocenters. The van der Waals surface area contributed by atoms with Crippen molar-refractivity contribution in [1.29, 1.82) is 0 Å². The summed E-state index contributed by atoms with van der Waals surface area (Å²) in [6.45, 7) is 3.01. The minimum atomic E-state index is 0.471. The summed E-state index contributed by atoms with van der Waals surface area (Å²) >= 11 is 1.97. The maximum absolute atomic E-state index is 5.51. The van der Waals surface area contributed by atoms with Gasteiger partial charge in [-0.15, -0.1) is 0 Å². The fraction of sp³-hybridized carbons (Fsp3) is 0.733. The zero-order valence-electron chi connectivity index (χ0n) is 13.2. The molecule has 6 heteroatoms. The van der Waals surface area contributed by atoms with E-state index in [0.717, 1.165) is 35.6 Å². The van der Waals surface area contributed by atoms with Gasteiger partial charge < -0.3 is 15.4 Å². The molecule has 0 radical (unpaired) electrons. The second-order valence-corrected chi connectivity index (χ2v) is 6.53. The Kier molecular flexibility index (Phi) is 6.42. The van der Waals surface area contributed by atoms with Crippen molar-refractivity contribution in [3.8, 4) is 5.75 Å². The molecule has 21 heavy (non-hydrogen) atoms. The molecule has 0 aromatic carbocycles. The van der Waals surface area contributed by atoms with Crippen molar-refractivity contribution in [3.05, 3.63) is 6.33 Å². The molecular formula is C15H26N4OS. The summed E-state index contributed by atoms with van der Waals surface area (Å²) in [5.74, 6) is 2.30. The topological polar surface area (TPSA) is 59.1 Å². The van der Waals surface area contributed by atoms with Gasteiger partial charge in [0.1, 0.15) is 6.33 Å². The lowest BCUT2D eigenvalue weighted by Crippen LogP contribution is -2.29. The van der Waals surface area contributed by atoms with E-state index in [2.05, 4.69) is 33.8 Å². The highest BCUT2D eigenvalue weighted by atomic mass is 32.2. The van der Waals surface area contributed by atoms with E-state index in [-0.39, 0.29) is 0 Å². The number of hydrogen-bond acceptors (Lipinski definition) is 6. The van der Waals surface area contributed by atoms with Gasteiger partial charge in [0.2, 0.25) is 5.75 Å². The highest BCUT2D eigenvalue weighted by Crippen LogP contribution is 2.33. The van der Waals surface area contributed by atoms with E-state index in [1.807, 2.05) is 11.8 Å². The van der Waals surface area contributed by atoms with Crippen LogP contribution in [0.25, 0.3) is 0 Å². The average Bonchev–Trinajstić information content (AvgIpc) is 2.53. The van der Waals surface area contributed by atoms with Crippen LogP contribution >= 0.6 is 11.8 Å². The molecule has 1 aromatic rings. The maximum Gasteiger partial charge on any atom is 0.204 e.